The average Bonchev–Trinajstić information content (AvgIpc) is 2.78. The van der Waals surface area contributed by atoms with E-state index in [2.05, 4.69) is 5.32 Å². The summed E-state index contributed by atoms with van der Waals surface area (Å²) < 4.78 is 5.22. The van der Waals surface area contributed by atoms with Crippen LogP contribution < -0.4 is 5.32 Å². The summed E-state index contributed by atoms with van der Waals surface area (Å²) in [7, 11) is 0. The molecule has 2 fully saturated rings. The topological polar surface area (TPSA) is 58.6 Å². The van der Waals surface area contributed by atoms with Crippen LogP contribution in [0.25, 0.3) is 0 Å². The Labute approximate surface area is 192 Å². The minimum Gasteiger partial charge on any atom is -0.444 e. The van der Waals surface area contributed by atoms with Crippen LogP contribution in [0.3, 0.4) is 0 Å². The first-order valence-corrected chi connectivity index (χ1v) is 11.5. The van der Waals surface area contributed by atoms with Gasteiger partial charge in [0, 0.05) is 29.4 Å². The lowest BCUT2D eigenvalue weighted by Crippen LogP contribution is -2.44. The number of hydrogen-bond donors (Lipinski definition) is 1. The molecule has 1 saturated carbocycles. The van der Waals surface area contributed by atoms with Crippen molar-refractivity contribution in [3.05, 3.63) is 63.6 Å². The van der Waals surface area contributed by atoms with E-state index in [9.17, 15) is 9.59 Å². The van der Waals surface area contributed by atoms with Crippen molar-refractivity contribution in [2.75, 3.05) is 18.4 Å². The first-order chi connectivity index (χ1) is 15.0. The summed E-state index contributed by atoms with van der Waals surface area (Å²) in [5.41, 5.74) is 1.66. The smallest absolute Gasteiger partial charge is 0.411 e. The molecule has 1 aliphatic heterocycles. The van der Waals surface area contributed by atoms with Crippen LogP contribution >= 0.6 is 23.2 Å². The van der Waals surface area contributed by atoms with Gasteiger partial charge in [0.2, 0.25) is 0 Å². The van der Waals surface area contributed by atoms with Crippen molar-refractivity contribution in [2.24, 2.45) is 11.8 Å². The first-order valence-electron chi connectivity index (χ1n) is 10.8. The fraction of sp³-hybridized carbons (Fsp3) is 0.417. The second-order valence-corrected chi connectivity index (χ2v) is 9.15. The summed E-state index contributed by atoms with van der Waals surface area (Å²) >= 11 is 12.5. The molecule has 164 valence electrons. The van der Waals surface area contributed by atoms with Gasteiger partial charge in [0.05, 0.1) is 10.6 Å². The van der Waals surface area contributed by atoms with Crippen molar-refractivity contribution in [3.8, 4) is 0 Å². The van der Waals surface area contributed by atoms with Crippen LogP contribution in [0.5, 0.6) is 0 Å². The average molecular weight is 461 g/mol. The summed E-state index contributed by atoms with van der Waals surface area (Å²) in [5.74, 6) is 1.33. The quantitative estimate of drug-likeness (QED) is 0.574. The number of likely N-dealkylation sites (tertiary alicyclic amines) is 1. The van der Waals surface area contributed by atoms with E-state index >= 15 is 0 Å². The number of benzene rings is 2. The van der Waals surface area contributed by atoms with Crippen molar-refractivity contribution in [1.29, 1.82) is 0 Å². The Hall–Kier alpha value is -2.24. The van der Waals surface area contributed by atoms with E-state index < -0.39 is 6.09 Å². The zero-order valence-corrected chi connectivity index (χ0v) is 18.8. The molecule has 4 rings (SSSR count). The molecule has 1 heterocycles. The number of rotatable bonds is 4. The Kier molecular flexibility index (Phi) is 7.03. The Balaban J connectivity index is 1.34. The van der Waals surface area contributed by atoms with Crippen LogP contribution in [0, 0.1) is 11.8 Å². The Morgan fingerprint density at radius 3 is 2.55 bits per heavy atom. The van der Waals surface area contributed by atoms with E-state index in [1.165, 1.54) is 25.7 Å². The fourth-order valence-electron chi connectivity index (χ4n) is 4.63. The molecule has 1 saturated heterocycles. The Morgan fingerprint density at radius 1 is 1.00 bits per heavy atom. The van der Waals surface area contributed by atoms with E-state index in [1.807, 2.05) is 17.0 Å². The summed E-state index contributed by atoms with van der Waals surface area (Å²) in [6.45, 7) is 1.66. The highest BCUT2D eigenvalue weighted by Gasteiger charge is 2.33. The van der Waals surface area contributed by atoms with E-state index in [0.717, 1.165) is 31.0 Å². The summed E-state index contributed by atoms with van der Waals surface area (Å²) in [6, 6.07) is 12.1. The molecule has 2 aromatic carbocycles. The molecule has 0 aromatic heterocycles. The number of halogens is 2. The molecule has 1 aliphatic carbocycles. The van der Waals surface area contributed by atoms with Crippen LogP contribution in [0.4, 0.5) is 10.5 Å². The predicted octanol–water partition coefficient (Wildman–Crippen LogP) is 6.39. The highest BCUT2D eigenvalue weighted by Crippen LogP contribution is 2.37. The highest BCUT2D eigenvalue weighted by molar-refractivity contribution is 6.34. The number of nitrogens with one attached hydrogen (secondary N) is 1. The number of anilines is 1. The third kappa shape index (κ3) is 5.34. The number of piperidine rings is 1. The molecule has 0 radical (unpaired) electrons. The van der Waals surface area contributed by atoms with E-state index in [-0.39, 0.29) is 12.5 Å². The van der Waals surface area contributed by atoms with Gasteiger partial charge in [-0.05, 0) is 48.9 Å². The monoisotopic (exact) mass is 460 g/mol. The number of nitrogens with zero attached hydrogens (tertiary/aromatic N) is 1. The number of carbonyl (C=O) groups excluding carboxylic acids is 2. The minimum atomic E-state index is -0.616. The van der Waals surface area contributed by atoms with Crippen LogP contribution in [0.1, 0.15) is 48.0 Å². The molecule has 5 nitrogen and oxygen atoms in total. The van der Waals surface area contributed by atoms with Gasteiger partial charge < -0.3 is 9.64 Å². The fourth-order valence-corrected chi connectivity index (χ4v) is 5.09. The van der Waals surface area contributed by atoms with Gasteiger partial charge >= 0.3 is 6.09 Å². The molecule has 31 heavy (non-hydrogen) atoms. The molecule has 2 amide bonds. The molecule has 0 spiro atoms. The lowest BCUT2D eigenvalue weighted by molar-refractivity contribution is 0.0521. The van der Waals surface area contributed by atoms with Crippen molar-refractivity contribution < 1.29 is 14.3 Å². The molecule has 2 unspecified atom stereocenters. The van der Waals surface area contributed by atoms with Crippen molar-refractivity contribution >= 4 is 40.9 Å². The second kappa shape index (κ2) is 9.92. The molecular formula is C24H26Cl2N2O3. The van der Waals surface area contributed by atoms with Crippen molar-refractivity contribution in [1.82, 2.24) is 4.90 Å². The maximum Gasteiger partial charge on any atom is 0.411 e. The van der Waals surface area contributed by atoms with Gasteiger partial charge in [-0.25, -0.2) is 4.79 Å². The molecule has 2 aromatic rings. The van der Waals surface area contributed by atoms with Crippen LogP contribution in [-0.2, 0) is 11.3 Å². The molecular weight excluding hydrogens is 435 g/mol. The predicted molar refractivity (Wildman–Crippen MR) is 123 cm³/mol. The third-order valence-electron chi connectivity index (χ3n) is 6.34. The van der Waals surface area contributed by atoms with Crippen molar-refractivity contribution in [2.45, 2.75) is 38.7 Å². The van der Waals surface area contributed by atoms with Gasteiger partial charge in [-0.2, -0.15) is 0 Å². The summed E-state index contributed by atoms with van der Waals surface area (Å²) in [4.78, 5) is 27.1. The summed E-state index contributed by atoms with van der Waals surface area (Å²) in [5, 5.41) is 3.50. The van der Waals surface area contributed by atoms with Gasteiger partial charge in [-0.15, -0.1) is 0 Å². The zero-order chi connectivity index (χ0) is 21.8. The Bertz CT molecular complexity index is 966. The maximum atomic E-state index is 13.0. The van der Waals surface area contributed by atoms with Gasteiger partial charge in [0.1, 0.15) is 6.61 Å². The normalized spacial score (nSPS) is 20.6. The van der Waals surface area contributed by atoms with Gasteiger partial charge in [0.25, 0.3) is 5.91 Å². The van der Waals surface area contributed by atoms with E-state index in [4.69, 9.17) is 27.9 Å². The number of fused-ring (bicyclic) bond motifs is 1. The Morgan fingerprint density at radius 2 is 1.77 bits per heavy atom. The van der Waals surface area contributed by atoms with Crippen LogP contribution in [0.2, 0.25) is 10.0 Å². The largest absolute Gasteiger partial charge is 0.444 e. The number of amides is 2. The standard InChI is InChI=1S/C24H26Cl2N2O3/c25-21-8-4-3-7-18(21)15-31-24(30)27-19-9-10-20(22(26)13-19)23(29)28-12-11-16-5-1-2-6-17(16)14-28/h3-4,7-10,13,16-17H,1-2,5-6,11-12,14-15H2,(H,27,30). The van der Waals surface area contributed by atoms with Crippen molar-refractivity contribution in [3.63, 3.8) is 0 Å². The first kappa shape index (κ1) is 22.0. The SMILES string of the molecule is O=C(Nc1ccc(C(=O)N2CCC3CCCCC3C2)c(Cl)c1)OCc1ccccc1Cl. The zero-order valence-electron chi connectivity index (χ0n) is 17.3. The number of hydrogen-bond acceptors (Lipinski definition) is 3. The van der Waals surface area contributed by atoms with E-state index in [1.54, 1.807) is 30.3 Å². The lowest BCUT2D eigenvalue weighted by atomic mass is 9.75. The minimum absolute atomic E-state index is 0.0399. The number of ether oxygens (including phenoxy) is 1. The maximum absolute atomic E-state index is 13.0. The third-order valence-corrected chi connectivity index (χ3v) is 7.02. The molecule has 7 heteroatoms. The second-order valence-electron chi connectivity index (χ2n) is 8.33. The van der Waals surface area contributed by atoms with E-state index in [0.29, 0.717) is 27.2 Å². The molecule has 2 atom stereocenters. The lowest BCUT2D eigenvalue weighted by Gasteiger charge is -2.41. The van der Waals surface area contributed by atoms with Gasteiger partial charge in [0.15, 0.2) is 0 Å². The van der Waals surface area contributed by atoms with Gasteiger partial charge in [-0.3, -0.25) is 10.1 Å². The molecule has 1 N–H and O–H groups in total. The molecule has 0 bridgehead atoms. The van der Waals surface area contributed by atoms with Crippen LogP contribution in [-0.4, -0.2) is 30.0 Å². The molecule has 2 aliphatic rings. The highest BCUT2D eigenvalue weighted by atomic mass is 35.5. The number of carbonyl (C=O) groups is 2. The van der Waals surface area contributed by atoms with Crippen LogP contribution in [0.15, 0.2) is 42.5 Å². The summed E-state index contributed by atoms with van der Waals surface area (Å²) in [6.07, 6.45) is 5.54. The van der Waals surface area contributed by atoms with Gasteiger partial charge in [-0.1, -0.05) is 60.7 Å².